The van der Waals surface area contributed by atoms with Crippen LogP contribution in [0.4, 0.5) is 5.69 Å². The van der Waals surface area contributed by atoms with Crippen LogP contribution in [0.25, 0.3) is 10.9 Å². The Morgan fingerprint density at radius 1 is 1.24 bits per heavy atom. The van der Waals surface area contributed by atoms with Crippen molar-refractivity contribution in [3.63, 3.8) is 0 Å². The molecular weight excluding hydrogens is 284 g/mol. The molecule has 3 nitrogen and oxygen atoms in total. The van der Waals surface area contributed by atoms with Crippen LogP contribution in [0.1, 0.15) is 12.8 Å². The summed E-state index contributed by atoms with van der Waals surface area (Å²) in [6.07, 6.45) is 8.24. The quantitative estimate of drug-likeness (QED) is 0.850. The van der Waals surface area contributed by atoms with Gasteiger partial charge in [0.05, 0.1) is 16.2 Å². The lowest BCUT2D eigenvalue weighted by molar-refractivity contribution is -0.120. The molecule has 0 spiro atoms. The van der Waals surface area contributed by atoms with Crippen LogP contribution in [-0.4, -0.2) is 10.9 Å². The fourth-order valence-corrected chi connectivity index (χ4v) is 3.77. The number of allylic oxidation sites excluding steroid dienone is 2. The van der Waals surface area contributed by atoms with Gasteiger partial charge in [-0.15, -0.1) is 0 Å². The molecule has 1 aromatic carbocycles. The summed E-state index contributed by atoms with van der Waals surface area (Å²) in [4.78, 5) is 16.8. The van der Waals surface area contributed by atoms with Gasteiger partial charge in [-0.1, -0.05) is 23.8 Å². The molecule has 2 bridgehead atoms. The predicted molar refractivity (Wildman–Crippen MR) is 84.2 cm³/mol. The number of nitrogens with zero attached hydrogens (tertiary/aromatic N) is 1. The molecule has 3 atom stereocenters. The zero-order valence-corrected chi connectivity index (χ0v) is 12.2. The molecule has 21 heavy (non-hydrogen) atoms. The number of rotatable bonds is 2. The first-order valence-electron chi connectivity index (χ1n) is 7.25. The van der Waals surface area contributed by atoms with Crippen LogP contribution in [0.2, 0.25) is 5.02 Å². The van der Waals surface area contributed by atoms with Gasteiger partial charge < -0.3 is 5.32 Å². The second-order valence-electron chi connectivity index (χ2n) is 5.87. The van der Waals surface area contributed by atoms with E-state index in [1.165, 1.54) is 0 Å². The number of hydrogen-bond acceptors (Lipinski definition) is 2. The highest BCUT2D eigenvalue weighted by Crippen LogP contribution is 2.44. The van der Waals surface area contributed by atoms with Gasteiger partial charge in [-0.2, -0.15) is 0 Å². The first kappa shape index (κ1) is 12.8. The molecule has 0 saturated heterocycles. The van der Waals surface area contributed by atoms with Crippen LogP contribution >= 0.6 is 11.6 Å². The highest BCUT2D eigenvalue weighted by Gasteiger charge is 2.39. The molecule has 1 fully saturated rings. The maximum absolute atomic E-state index is 12.5. The van der Waals surface area contributed by atoms with Gasteiger partial charge in [-0.25, -0.2) is 0 Å². The molecule has 2 aliphatic rings. The van der Waals surface area contributed by atoms with Crippen LogP contribution in [0.5, 0.6) is 0 Å². The van der Waals surface area contributed by atoms with E-state index in [1.54, 1.807) is 12.3 Å². The van der Waals surface area contributed by atoms with Gasteiger partial charge in [0.15, 0.2) is 0 Å². The minimum atomic E-state index is 0.0994. The largest absolute Gasteiger partial charge is 0.325 e. The molecule has 2 aliphatic carbocycles. The van der Waals surface area contributed by atoms with Crippen molar-refractivity contribution in [2.75, 3.05) is 5.32 Å². The Bertz CT molecular complexity index is 756. The van der Waals surface area contributed by atoms with Gasteiger partial charge >= 0.3 is 0 Å². The monoisotopic (exact) mass is 298 g/mol. The van der Waals surface area contributed by atoms with E-state index < -0.39 is 0 Å². The van der Waals surface area contributed by atoms with E-state index >= 15 is 0 Å². The lowest BCUT2D eigenvalue weighted by Crippen LogP contribution is -2.26. The number of fused-ring (bicyclic) bond motifs is 3. The summed E-state index contributed by atoms with van der Waals surface area (Å²) in [5, 5.41) is 4.56. The second kappa shape index (κ2) is 4.85. The lowest BCUT2D eigenvalue weighted by atomic mass is 9.92. The van der Waals surface area contributed by atoms with E-state index in [0.29, 0.717) is 16.9 Å². The molecule has 0 radical (unpaired) electrons. The van der Waals surface area contributed by atoms with Crippen molar-refractivity contribution in [2.24, 2.45) is 17.8 Å². The summed E-state index contributed by atoms with van der Waals surface area (Å²) >= 11 is 6.16. The van der Waals surface area contributed by atoms with E-state index in [9.17, 15) is 4.79 Å². The number of pyridine rings is 1. The van der Waals surface area contributed by atoms with Gasteiger partial charge in [0.2, 0.25) is 5.91 Å². The van der Waals surface area contributed by atoms with Crippen molar-refractivity contribution >= 4 is 34.1 Å². The number of carbonyl (C=O) groups is 1. The number of carbonyl (C=O) groups excluding carboxylic acids is 1. The number of benzene rings is 1. The number of halogens is 1. The smallest absolute Gasteiger partial charge is 0.228 e. The van der Waals surface area contributed by atoms with Crippen LogP contribution in [0, 0.1) is 17.8 Å². The Hall–Kier alpha value is -1.87. The maximum atomic E-state index is 12.5. The van der Waals surface area contributed by atoms with Gasteiger partial charge in [0, 0.05) is 17.5 Å². The van der Waals surface area contributed by atoms with Gasteiger partial charge in [0.25, 0.3) is 0 Å². The van der Waals surface area contributed by atoms with Crippen molar-refractivity contribution in [1.82, 2.24) is 4.98 Å². The summed E-state index contributed by atoms with van der Waals surface area (Å²) in [6, 6.07) is 7.43. The highest BCUT2D eigenvalue weighted by atomic mass is 35.5. The topological polar surface area (TPSA) is 42.0 Å². The van der Waals surface area contributed by atoms with Gasteiger partial charge in [-0.05, 0) is 48.9 Å². The number of amides is 1. The summed E-state index contributed by atoms with van der Waals surface area (Å²) in [5.74, 6) is 1.21. The Morgan fingerprint density at radius 2 is 2.14 bits per heavy atom. The molecule has 2 aromatic rings. The molecule has 1 N–H and O–H groups in total. The third-order valence-corrected chi connectivity index (χ3v) is 4.90. The van der Waals surface area contributed by atoms with Crippen LogP contribution in [0.15, 0.2) is 42.6 Å². The molecule has 4 heteroatoms. The number of hydrogen-bond donors (Lipinski definition) is 1. The van der Waals surface area contributed by atoms with E-state index in [1.807, 2.05) is 18.2 Å². The van der Waals surface area contributed by atoms with Crippen molar-refractivity contribution < 1.29 is 4.79 Å². The normalized spacial score (nSPS) is 26.4. The number of nitrogens with one attached hydrogen (secondary N) is 1. The second-order valence-corrected chi connectivity index (χ2v) is 6.28. The Balaban J connectivity index is 1.64. The number of aromatic nitrogens is 1. The third-order valence-electron chi connectivity index (χ3n) is 4.59. The van der Waals surface area contributed by atoms with E-state index in [4.69, 9.17) is 11.6 Å². The molecule has 4 rings (SSSR count). The van der Waals surface area contributed by atoms with E-state index in [-0.39, 0.29) is 11.8 Å². The average molecular weight is 299 g/mol. The summed E-state index contributed by atoms with van der Waals surface area (Å²) in [7, 11) is 0. The highest BCUT2D eigenvalue weighted by molar-refractivity contribution is 6.35. The minimum absolute atomic E-state index is 0.0994. The summed E-state index contributed by atoms with van der Waals surface area (Å²) in [6.45, 7) is 0. The standard InChI is InChI=1S/C17H15ClN2O/c18-14-5-6-15(12-2-1-7-19-16(12)14)20-17(21)13-9-10-3-4-11(13)8-10/h1-7,10-11,13H,8-9H2,(H,20,21). The lowest BCUT2D eigenvalue weighted by Gasteiger charge is -2.18. The molecule has 3 unspecified atom stereocenters. The van der Waals surface area contributed by atoms with Crippen molar-refractivity contribution in [1.29, 1.82) is 0 Å². The Morgan fingerprint density at radius 3 is 2.90 bits per heavy atom. The molecule has 0 aliphatic heterocycles. The predicted octanol–water partition coefficient (Wildman–Crippen LogP) is 4.04. The van der Waals surface area contributed by atoms with Crippen molar-refractivity contribution in [3.8, 4) is 0 Å². The van der Waals surface area contributed by atoms with Gasteiger partial charge in [-0.3, -0.25) is 9.78 Å². The van der Waals surface area contributed by atoms with Crippen molar-refractivity contribution in [2.45, 2.75) is 12.8 Å². The van der Waals surface area contributed by atoms with E-state index in [2.05, 4.69) is 22.5 Å². The SMILES string of the molecule is O=C(Nc1ccc(Cl)c2ncccc12)C1CC2C=CC1C2. The first-order chi connectivity index (χ1) is 10.2. The summed E-state index contributed by atoms with van der Waals surface area (Å²) < 4.78 is 0. The fourth-order valence-electron chi connectivity index (χ4n) is 3.55. The Labute approximate surface area is 128 Å². The van der Waals surface area contributed by atoms with Crippen LogP contribution in [-0.2, 0) is 4.79 Å². The first-order valence-corrected chi connectivity index (χ1v) is 7.62. The van der Waals surface area contributed by atoms with Crippen LogP contribution in [0.3, 0.4) is 0 Å². The Kier molecular flexibility index (Phi) is 2.96. The zero-order chi connectivity index (χ0) is 14.4. The average Bonchev–Trinajstić information content (AvgIpc) is 3.13. The molecule has 1 amide bonds. The van der Waals surface area contributed by atoms with E-state index in [0.717, 1.165) is 29.4 Å². The molecule has 1 heterocycles. The molecule has 1 aromatic heterocycles. The molecule has 1 saturated carbocycles. The van der Waals surface area contributed by atoms with Crippen LogP contribution < -0.4 is 5.32 Å². The number of anilines is 1. The summed E-state index contributed by atoms with van der Waals surface area (Å²) in [5.41, 5.74) is 1.52. The minimum Gasteiger partial charge on any atom is -0.325 e. The molecule has 106 valence electrons. The zero-order valence-electron chi connectivity index (χ0n) is 11.4. The maximum Gasteiger partial charge on any atom is 0.228 e. The third kappa shape index (κ3) is 2.12. The van der Waals surface area contributed by atoms with Crippen molar-refractivity contribution in [3.05, 3.63) is 47.6 Å². The van der Waals surface area contributed by atoms with Gasteiger partial charge in [0.1, 0.15) is 0 Å². The fraction of sp³-hybridized carbons (Fsp3) is 0.294. The molecular formula is C17H15ClN2O.